The average molecular weight is 473 g/mol. The number of rotatable bonds is 6. The van der Waals surface area contributed by atoms with Crippen LogP contribution in [0.4, 0.5) is 4.39 Å². The van der Waals surface area contributed by atoms with Crippen LogP contribution in [0.2, 0.25) is 5.02 Å². The van der Waals surface area contributed by atoms with Gasteiger partial charge >= 0.3 is 0 Å². The van der Waals surface area contributed by atoms with Crippen LogP contribution in [0, 0.1) is 5.82 Å². The lowest BCUT2D eigenvalue weighted by molar-refractivity contribution is -0.161. The number of hydroxylamine groups is 1. The van der Waals surface area contributed by atoms with Crippen LogP contribution in [0.3, 0.4) is 0 Å². The smallest absolute Gasteiger partial charge is 0.286 e. The summed E-state index contributed by atoms with van der Waals surface area (Å²) < 4.78 is 44.7. The Morgan fingerprint density at radius 3 is 2.58 bits per heavy atom. The quantitative estimate of drug-likeness (QED) is 0.278. The van der Waals surface area contributed by atoms with Crippen LogP contribution in [0.25, 0.3) is 0 Å². The molecule has 31 heavy (non-hydrogen) atoms. The number of sulfone groups is 1. The Kier molecular flexibility index (Phi) is 6.51. The first kappa shape index (κ1) is 22.9. The average Bonchev–Trinajstić information content (AvgIpc) is 2.74. The van der Waals surface area contributed by atoms with Crippen LogP contribution >= 0.6 is 11.6 Å². The zero-order valence-electron chi connectivity index (χ0n) is 15.8. The van der Waals surface area contributed by atoms with E-state index < -0.39 is 38.3 Å². The molecule has 3 rings (SSSR count). The van der Waals surface area contributed by atoms with Crippen molar-refractivity contribution in [2.75, 3.05) is 6.54 Å². The largest absolute Gasteiger partial charge is 0.489 e. The van der Waals surface area contributed by atoms with Crippen molar-refractivity contribution >= 4 is 33.3 Å². The summed E-state index contributed by atoms with van der Waals surface area (Å²) in [5.41, 5.74) is -1.34. The Balaban J connectivity index is 1.81. The van der Waals surface area contributed by atoms with E-state index in [2.05, 4.69) is 5.32 Å². The molecule has 166 valence electrons. The van der Waals surface area contributed by atoms with Gasteiger partial charge in [-0.25, -0.2) is 18.3 Å². The summed E-state index contributed by atoms with van der Waals surface area (Å²) in [7, 11) is -4.35. The maximum Gasteiger partial charge on any atom is 0.286 e. The zero-order chi connectivity index (χ0) is 22.8. The molecule has 0 aromatic heterocycles. The normalized spacial score (nSPS) is 21.3. The molecule has 0 saturated carbocycles. The van der Waals surface area contributed by atoms with Crippen LogP contribution in [0.1, 0.15) is 12.0 Å². The van der Waals surface area contributed by atoms with Gasteiger partial charge in [0.15, 0.2) is 9.84 Å². The molecule has 4 N–H and O–H groups in total. The number of halogens is 2. The Bertz CT molecular complexity index is 1100. The fourth-order valence-corrected chi connectivity index (χ4v) is 5.37. The molecule has 1 heterocycles. The molecule has 1 aliphatic heterocycles. The molecule has 1 fully saturated rings. The van der Waals surface area contributed by atoms with Gasteiger partial charge in [0, 0.05) is 12.1 Å². The lowest BCUT2D eigenvalue weighted by atomic mass is 9.92. The first-order valence-electron chi connectivity index (χ1n) is 8.96. The molecule has 9 nitrogen and oxygen atoms in total. The Hall–Kier alpha value is -2.73. The van der Waals surface area contributed by atoms with Crippen molar-refractivity contribution < 1.29 is 37.4 Å². The first-order chi connectivity index (χ1) is 14.6. The highest BCUT2D eigenvalue weighted by Gasteiger charge is 2.58. The summed E-state index contributed by atoms with van der Waals surface area (Å²) in [5, 5.41) is 20.0. The second kappa shape index (κ2) is 8.79. The third-order valence-corrected chi connectivity index (χ3v) is 7.50. The number of piperidine rings is 1. The van der Waals surface area contributed by atoms with Gasteiger partial charge in [-0.05, 0) is 42.8 Å². The second-order valence-corrected chi connectivity index (χ2v) is 9.32. The van der Waals surface area contributed by atoms with E-state index in [-0.39, 0.29) is 35.2 Å². The van der Waals surface area contributed by atoms with Gasteiger partial charge in [-0.2, -0.15) is 0 Å². The van der Waals surface area contributed by atoms with Crippen LogP contribution < -0.4 is 15.5 Å². The van der Waals surface area contributed by atoms with Gasteiger partial charge in [-0.15, -0.1) is 0 Å². The number of nitrogens with one attached hydrogen (secondary N) is 2. The summed E-state index contributed by atoms with van der Waals surface area (Å²) in [4.78, 5) is 23.7. The molecular weight excluding hydrogens is 455 g/mol. The predicted octanol–water partition coefficient (Wildman–Crippen LogP) is 0.957. The lowest BCUT2D eigenvalue weighted by Crippen LogP contribution is -2.68. The topological polar surface area (TPSA) is 142 Å². The highest BCUT2D eigenvalue weighted by Crippen LogP contribution is 2.31. The van der Waals surface area contributed by atoms with E-state index in [0.717, 1.165) is 11.5 Å². The maximum atomic E-state index is 13.1. The molecule has 0 aliphatic carbocycles. The molecule has 2 aromatic carbocycles. The van der Waals surface area contributed by atoms with Crippen molar-refractivity contribution in [3.8, 4) is 5.75 Å². The van der Waals surface area contributed by atoms with Gasteiger partial charge in [0.1, 0.15) is 23.4 Å². The Labute approximate surface area is 181 Å². The monoisotopic (exact) mass is 472 g/mol. The number of amides is 2. The summed E-state index contributed by atoms with van der Waals surface area (Å²) >= 11 is 5.94. The SMILES string of the molecule is O=C(NO)C1(O)C(=O)NCCC1S(=O)(=O)c1ccc(OCc2ccc(F)cc2Cl)cc1. The lowest BCUT2D eigenvalue weighted by Gasteiger charge is -2.36. The van der Waals surface area contributed by atoms with Gasteiger partial charge < -0.3 is 15.2 Å². The van der Waals surface area contributed by atoms with Gasteiger partial charge in [0.25, 0.3) is 11.8 Å². The number of carbonyl (C=O) groups is 2. The molecule has 2 aromatic rings. The molecule has 1 aliphatic rings. The van der Waals surface area contributed by atoms with E-state index in [1.807, 2.05) is 0 Å². The van der Waals surface area contributed by atoms with Crippen molar-refractivity contribution in [1.29, 1.82) is 0 Å². The fraction of sp³-hybridized carbons (Fsp3) is 0.263. The zero-order valence-corrected chi connectivity index (χ0v) is 17.4. The molecule has 2 atom stereocenters. The minimum atomic E-state index is -4.35. The van der Waals surface area contributed by atoms with E-state index in [0.29, 0.717) is 5.56 Å². The highest BCUT2D eigenvalue weighted by molar-refractivity contribution is 7.92. The number of aliphatic hydroxyl groups is 1. The number of carbonyl (C=O) groups excluding carboxylic acids is 2. The third kappa shape index (κ3) is 4.35. The number of benzene rings is 2. The van der Waals surface area contributed by atoms with Crippen LogP contribution in [0.15, 0.2) is 47.4 Å². The molecule has 0 radical (unpaired) electrons. The van der Waals surface area contributed by atoms with E-state index in [1.54, 1.807) is 0 Å². The molecule has 2 amide bonds. The van der Waals surface area contributed by atoms with Gasteiger partial charge in [-0.3, -0.25) is 14.8 Å². The summed E-state index contributed by atoms with van der Waals surface area (Å²) in [5.74, 6) is -2.98. The minimum Gasteiger partial charge on any atom is -0.489 e. The number of hydrogen-bond donors (Lipinski definition) is 4. The van der Waals surface area contributed by atoms with Crippen molar-refractivity contribution in [2.24, 2.45) is 0 Å². The van der Waals surface area contributed by atoms with Gasteiger partial charge in [0.05, 0.1) is 9.92 Å². The summed E-state index contributed by atoms with van der Waals surface area (Å²) in [6.07, 6.45) is -0.251. The van der Waals surface area contributed by atoms with E-state index in [9.17, 15) is 27.5 Å². The standard InChI is InChI=1S/C19H18ClFN2O7S/c20-15-9-12(21)2-1-11(15)10-30-13-3-5-14(6-4-13)31(28,29)16-7-8-22-17(24)19(16,26)18(25)23-27/h1-6,9,16,26-27H,7-8,10H2,(H,22,24)(H,23,25). The second-order valence-electron chi connectivity index (χ2n) is 6.78. The minimum absolute atomic E-state index is 0.00439. The molecule has 12 heteroatoms. The van der Waals surface area contributed by atoms with E-state index in [1.165, 1.54) is 36.4 Å². The summed E-state index contributed by atoms with van der Waals surface area (Å²) in [6.45, 7) is -0.0756. The third-order valence-electron chi connectivity index (χ3n) is 4.89. The van der Waals surface area contributed by atoms with E-state index >= 15 is 0 Å². The Morgan fingerprint density at radius 2 is 1.97 bits per heavy atom. The first-order valence-corrected chi connectivity index (χ1v) is 10.9. The highest BCUT2D eigenvalue weighted by atomic mass is 35.5. The fourth-order valence-electron chi connectivity index (χ4n) is 3.21. The molecule has 0 bridgehead atoms. The maximum absolute atomic E-state index is 13.1. The summed E-state index contributed by atoms with van der Waals surface area (Å²) in [6, 6.07) is 8.90. The van der Waals surface area contributed by atoms with Gasteiger partial charge in [0.2, 0.25) is 5.60 Å². The van der Waals surface area contributed by atoms with Crippen LogP contribution in [0.5, 0.6) is 5.75 Å². The van der Waals surface area contributed by atoms with Crippen molar-refractivity contribution in [3.05, 3.63) is 58.9 Å². The molecule has 0 spiro atoms. The number of hydrogen-bond acceptors (Lipinski definition) is 7. The predicted molar refractivity (Wildman–Crippen MR) is 106 cm³/mol. The molecule has 1 saturated heterocycles. The number of ether oxygens (including phenoxy) is 1. The van der Waals surface area contributed by atoms with Crippen molar-refractivity contribution in [1.82, 2.24) is 10.8 Å². The van der Waals surface area contributed by atoms with E-state index in [4.69, 9.17) is 21.5 Å². The van der Waals surface area contributed by atoms with Crippen molar-refractivity contribution in [2.45, 2.75) is 28.8 Å². The van der Waals surface area contributed by atoms with Crippen molar-refractivity contribution in [3.63, 3.8) is 0 Å². The Morgan fingerprint density at radius 1 is 1.29 bits per heavy atom. The molecular formula is C19H18ClFN2O7S. The van der Waals surface area contributed by atoms with Crippen LogP contribution in [-0.4, -0.2) is 47.9 Å². The van der Waals surface area contributed by atoms with Crippen LogP contribution in [-0.2, 0) is 26.0 Å². The molecule has 2 unspecified atom stereocenters. The van der Waals surface area contributed by atoms with Gasteiger partial charge in [-0.1, -0.05) is 17.7 Å².